The first kappa shape index (κ1) is 25.4. The van der Waals surface area contributed by atoms with Crippen LogP contribution in [0.25, 0.3) is 0 Å². The molecule has 3 heterocycles. The van der Waals surface area contributed by atoms with Gasteiger partial charge in [-0.1, -0.05) is 35.3 Å². The Bertz CT molecular complexity index is 1460. The molecule has 2 N–H and O–H groups in total. The molecule has 3 aromatic rings. The third-order valence-corrected chi connectivity index (χ3v) is 8.48. The Kier molecular flexibility index (Phi) is 6.34. The summed E-state index contributed by atoms with van der Waals surface area (Å²) in [4.78, 5) is 42.1. The Morgan fingerprint density at radius 3 is 2.49 bits per heavy atom. The number of hydrogen-bond acceptors (Lipinski definition) is 6. The number of rotatable bonds is 5. The Balaban J connectivity index is 1.56. The van der Waals surface area contributed by atoms with E-state index in [4.69, 9.17) is 23.2 Å². The van der Waals surface area contributed by atoms with Gasteiger partial charge in [0.25, 0.3) is 0 Å². The minimum absolute atomic E-state index is 0.213. The summed E-state index contributed by atoms with van der Waals surface area (Å²) < 4.78 is -0.650. The first-order valence-electron chi connectivity index (χ1n) is 11.3. The predicted molar refractivity (Wildman–Crippen MR) is 141 cm³/mol. The van der Waals surface area contributed by atoms with Gasteiger partial charge in [0.05, 0.1) is 24.2 Å². The molecule has 37 heavy (non-hydrogen) atoms. The van der Waals surface area contributed by atoms with Gasteiger partial charge < -0.3 is 5.11 Å². The van der Waals surface area contributed by atoms with E-state index in [9.17, 15) is 24.8 Å². The number of likely N-dealkylation sites (tertiary alicyclic amines) is 1. The van der Waals surface area contributed by atoms with E-state index >= 15 is 0 Å². The Labute approximate surface area is 226 Å². The van der Waals surface area contributed by atoms with Crippen molar-refractivity contribution >= 4 is 58.1 Å². The predicted octanol–water partition coefficient (Wildman–Crippen LogP) is 4.85. The molecule has 0 bridgehead atoms. The molecule has 2 aliphatic rings. The third kappa shape index (κ3) is 4.21. The van der Waals surface area contributed by atoms with Crippen LogP contribution in [0.4, 0.5) is 10.5 Å². The van der Waals surface area contributed by atoms with Gasteiger partial charge in [-0.3, -0.25) is 10.2 Å². The van der Waals surface area contributed by atoms with Crippen LogP contribution in [0.3, 0.4) is 0 Å². The van der Waals surface area contributed by atoms with Crippen molar-refractivity contribution in [1.29, 1.82) is 5.26 Å². The molecule has 3 amide bonds. The van der Waals surface area contributed by atoms with Crippen molar-refractivity contribution in [3.05, 3.63) is 85.5 Å². The van der Waals surface area contributed by atoms with Crippen LogP contribution in [-0.4, -0.2) is 53.6 Å². The molecule has 0 radical (unpaired) electrons. The highest BCUT2D eigenvalue weighted by Crippen LogP contribution is 2.45. The maximum absolute atomic E-state index is 14.3. The van der Waals surface area contributed by atoms with Gasteiger partial charge in [0, 0.05) is 58.0 Å². The van der Waals surface area contributed by atoms with E-state index in [-0.39, 0.29) is 18.0 Å². The number of imide groups is 1. The molecule has 188 valence electrons. The van der Waals surface area contributed by atoms with Crippen LogP contribution >= 0.6 is 34.5 Å². The summed E-state index contributed by atoms with van der Waals surface area (Å²) in [5, 5.41) is 23.7. The van der Waals surface area contributed by atoms with Gasteiger partial charge in [-0.2, -0.15) is 5.26 Å². The molecular weight excluding hydrogens is 535 g/mol. The van der Waals surface area contributed by atoms with Crippen molar-refractivity contribution in [2.45, 2.75) is 18.0 Å². The number of urea groups is 1. The molecule has 2 saturated heterocycles. The molecule has 8 nitrogen and oxygen atoms in total. The molecule has 2 aromatic carbocycles. The number of carboxylic acid groups (broad SMARTS) is 1. The molecule has 1 aromatic heterocycles. The molecular formula is C26H21Cl2N4O4S+. The zero-order chi connectivity index (χ0) is 26.5. The highest BCUT2D eigenvalue weighted by Gasteiger charge is 2.69. The van der Waals surface area contributed by atoms with E-state index < -0.39 is 27.9 Å². The standard InChI is InChI=1S/C26H20Cl2N4O4S/c1-32(20-8-18(27)7-19(28)9-20)24(35)26(30-25(32)36)14-31(11-21-6-17(13-37-21)23(33)34)12-22(26)16-4-2-15(10-29)3-5-16/h2-9,13,22H,11-12,14H2,1H3,(H-,30,33,34,36)/p+1/t22-,26+,32?/m0/s1. The van der Waals surface area contributed by atoms with Crippen LogP contribution in [0.5, 0.6) is 0 Å². The highest BCUT2D eigenvalue weighted by atomic mass is 35.5. The number of quaternary nitrogens is 1. The van der Waals surface area contributed by atoms with Crippen LogP contribution in [0.2, 0.25) is 10.0 Å². The monoisotopic (exact) mass is 555 g/mol. The average molecular weight is 556 g/mol. The number of amides is 3. The number of hydrogen-bond donors (Lipinski definition) is 2. The Hall–Kier alpha value is -3.26. The number of aromatic carboxylic acids is 1. The minimum Gasteiger partial charge on any atom is -0.478 e. The fourth-order valence-corrected chi connectivity index (χ4v) is 6.67. The number of likely N-dealkylation sites (N-methyl/N-ethyl adjacent to an activating group) is 1. The lowest BCUT2D eigenvalue weighted by Gasteiger charge is -2.28. The summed E-state index contributed by atoms with van der Waals surface area (Å²) in [6.45, 7) is 1.08. The Morgan fingerprint density at radius 1 is 1.22 bits per heavy atom. The SMILES string of the molecule is C[N+]1(c2cc(Cl)cc(Cl)c2)C(=O)N[C@@]2(CN(Cc3cc(C(=O)O)cs3)C[C@H]2c2ccc(C#N)cc2)C1=O. The number of nitriles is 1. The van der Waals surface area contributed by atoms with Gasteiger partial charge >= 0.3 is 17.9 Å². The zero-order valence-electron chi connectivity index (χ0n) is 19.6. The first-order chi connectivity index (χ1) is 17.6. The molecule has 0 saturated carbocycles. The van der Waals surface area contributed by atoms with E-state index in [0.29, 0.717) is 34.4 Å². The Morgan fingerprint density at radius 2 is 1.89 bits per heavy atom. The van der Waals surface area contributed by atoms with E-state index in [0.717, 1.165) is 10.4 Å². The second-order valence-corrected chi connectivity index (χ2v) is 11.3. The molecule has 0 aliphatic carbocycles. The lowest BCUT2D eigenvalue weighted by atomic mass is 9.81. The second kappa shape index (κ2) is 9.24. The molecule has 11 heteroatoms. The number of carboxylic acids is 1. The number of carbonyl (C=O) groups is 3. The lowest BCUT2D eigenvalue weighted by Crippen LogP contribution is -2.56. The number of nitrogens with zero attached hydrogens (tertiary/aromatic N) is 3. The smallest absolute Gasteiger partial charge is 0.430 e. The topological polar surface area (TPSA) is 110 Å². The van der Waals surface area contributed by atoms with Crippen LogP contribution in [0.1, 0.15) is 32.3 Å². The molecule has 1 spiro atoms. The molecule has 2 aliphatic heterocycles. The van der Waals surface area contributed by atoms with E-state index in [1.807, 2.05) is 4.90 Å². The molecule has 1 unspecified atom stereocenters. The summed E-state index contributed by atoms with van der Waals surface area (Å²) >= 11 is 13.8. The van der Waals surface area contributed by atoms with Gasteiger partial charge in [0.1, 0.15) is 0 Å². The quantitative estimate of drug-likeness (QED) is 0.344. The van der Waals surface area contributed by atoms with Crippen LogP contribution in [-0.2, 0) is 11.3 Å². The van der Waals surface area contributed by atoms with E-state index in [1.54, 1.807) is 47.8 Å². The van der Waals surface area contributed by atoms with Crippen molar-refractivity contribution in [2.24, 2.45) is 0 Å². The summed E-state index contributed by atoms with van der Waals surface area (Å²) in [6.07, 6.45) is 0. The van der Waals surface area contributed by atoms with Crippen LogP contribution < -0.4 is 9.80 Å². The minimum atomic E-state index is -1.26. The molecule has 2 fully saturated rings. The van der Waals surface area contributed by atoms with Crippen LogP contribution in [0, 0.1) is 11.3 Å². The lowest BCUT2D eigenvalue weighted by molar-refractivity contribution is -0.130. The normalized spacial score (nSPS) is 25.4. The first-order valence-corrected chi connectivity index (χ1v) is 12.9. The number of halogens is 2. The van der Waals surface area contributed by atoms with Gasteiger partial charge in [-0.25, -0.2) is 14.4 Å². The van der Waals surface area contributed by atoms with Crippen molar-refractivity contribution in [3.8, 4) is 6.07 Å². The summed E-state index contributed by atoms with van der Waals surface area (Å²) in [5.41, 5.74) is 0.610. The molecule has 5 rings (SSSR count). The van der Waals surface area contributed by atoms with Crippen molar-refractivity contribution in [2.75, 3.05) is 20.1 Å². The number of thiophene rings is 1. The second-order valence-electron chi connectivity index (χ2n) is 9.40. The van der Waals surface area contributed by atoms with Gasteiger partial charge in [-0.15, -0.1) is 15.8 Å². The van der Waals surface area contributed by atoms with E-state index in [2.05, 4.69) is 11.4 Å². The van der Waals surface area contributed by atoms with Crippen molar-refractivity contribution in [3.63, 3.8) is 0 Å². The fraction of sp³-hybridized carbons (Fsp3) is 0.231. The maximum Gasteiger partial charge on any atom is 0.430 e. The third-order valence-electron chi connectivity index (χ3n) is 7.12. The van der Waals surface area contributed by atoms with Crippen LogP contribution in [0.15, 0.2) is 53.9 Å². The van der Waals surface area contributed by atoms with Crippen molar-refractivity contribution < 1.29 is 19.5 Å². The number of nitrogens with one attached hydrogen (secondary N) is 1. The molecule has 3 atom stereocenters. The largest absolute Gasteiger partial charge is 0.478 e. The number of benzene rings is 2. The summed E-state index contributed by atoms with van der Waals surface area (Å²) in [5.74, 6) is -1.75. The average Bonchev–Trinajstić information content (AvgIpc) is 3.52. The van der Waals surface area contributed by atoms with Gasteiger partial charge in [0.15, 0.2) is 11.2 Å². The van der Waals surface area contributed by atoms with Crippen molar-refractivity contribution in [1.82, 2.24) is 14.7 Å². The fourth-order valence-electron chi connectivity index (χ4n) is 5.26. The van der Waals surface area contributed by atoms with E-state index in [1.165, 1.54) is 24.5 Å². The van der Waals surface area contributed by atoms with Gasteiger partial charge in [-0.05, 0) is 29.8 Å². The summed E-state index contributed by atoms with van der Waals surface area (Å²) in [6, 6.07) is 14.9. The maximum atomic E-state index is 14.3. The highest BCUT2D eigenvalue weighted by molar-refractivity contribution is 7.10. The zero-order valence-corrected chi connectivity index (χ0v) is 21.9. The number of carbonyl (C=O) groups excluding carboxylic acids is 2. The van der Waals surface area contributed by atoms with Gasteiger partial charge in [0.2, 0.25) is 0 Å². The summed E-state index contributed by atoms with van der Waals surface area (Å²) in [7, 11) is 1.53.